The molecule has 0 amide bonds. The third-order valence-electron chi connectivity index (χ3n) is 4.64. The summed E-state index contributed by atoms with van der Waals surface area (Å²) in [6.45, 7) is 7.41. The molecule has 146 valence electrons. The van der Waals surface area contributed by atoms with Crippen molar-refractivity contribution in [3.63, 3.8) is 0 Å². The molecule has 1 saturated heterocycles. The summed E-state index contributed by atoms with van der Waals surface area (Å²) in [7, 11) is -3.65. The summed E-state index contributed by atoms with van der Waals surface area (Å²) in [4.78, 5) is 2.19. The molecule has 0 saturated carbocycles. The minimum Gasteiger partial charge on any atom is -0.492 e. The SMILES string of the molecule is Cc1cc(C)cc(OCCN2CCN(S(=O)(=O)c3cccc(F)c3)CC2)c1. The summed E-state index contributed by atoms with van der Waals surface area (Å²) in [5.74, 6) is 0.318. The van der Waals surface area contributed by atoms with Crippen LogP contribution >= 0.6 is 0 Å². The Bertz CT molecular complexity index is 874. The van der Waals surface area contributed by atoms with E-state index in [-0.39, 0.29) is 4.90 Å². The molecule has 0 unspecified atom stereocenters. The van der Waals surface area contributed by atoms with Crippen LogP contribution in [0.1, 0.15) is 11.1 Å². The van der Waals surface area contributed by atoms with Crippen molar-refractivity contribution in [3.8, 4) is 5.75 Å². The lowest BCUT2D eigenvalue weighted by Gasteiger charge is -2.33. The molecule has 3 rings (SSSR count). The molecule has 0 spiro atoms. The van der Waals surface area contributed by atoms with Gasteiger partial charge in [0.05, 0.1) is 4.90 Å². The fraction of sp³-hybridized carbons (Fsp3) is 0.400. The number of sulfonamides is 1. The topological polar surface area (TPSA) is 49.9 Å². The second kappa shape index (κ2) is 8.37. The van der Waals surface area contributed by atoms with E-state index in [1.807, 2.05) is 26.0 Å². The highest BCUT2D eigenvalue weighted by Gasteiger charge is 2.28. The molecule has 0 atom stereocenters. The maximum atomic E-state index is 13.4. The van der Waals surface area contributed by atoms with E-state index in [1.54, 1.807) is 0 Å². The highest BCUT2D eigenvalue weighted by molar-refractivity contribution is 7.89. The molecule has 1 aliphatic heterocycles. The highest BCUT2D eigenvalue weighted by atomic mass is 32.2. The predicted octanol–water partition coefficient (Wildman–Crippen LogP) is 2.83. The van der Waals surface area contributed by atoms with Crippen LogP contribution < -0.4 is 4.74 Å². The average molecular weight is 392 g/mol. The van der Waals surface area contributed by atoms with Crippen molar-refractivity contribution in [2.75, 3.05) is 39.3 Å². The van der Waals surface area contributed by atoms with E-state index in [2.05, 4.69) is 11.0 Å². The van der Waals surface area contributed by atoms with E-state index in [0.717, 1.165) is 18.4 Å². The Hall–Kier alpha value is -1.96. The zero-order valence-electron chi connectivity index (χ0n) is 15.7. The van der Waals surface area contributed by atoms with Gasteiger partial charge in [0.15, 0.2) is 0 Å². The number of hydrogen-bond donors (Lipinski definition) is 0. The monoisotopic (exact) mass is 392 g/mol. The first kappa shape index (κ1) is 19.8. The van der Waals surface area contributed by atoms with Crippen molar-refractivity contribution in [1.82, 2.24) is 9.21 Å². The van der Waals surface area contributed by atoms with E-state index in [4.69, 9.17) is 4.74 Å². The van der Waals surface area contributed by atoms with Gasteiger partial charge in [0.1, 0.15) is 18.2 Å². The molecule has 1 aliphatic rings. The second-order valence-electron chi connectivity index (χ2n) is 6.87. The van der Waals surface area contributed by atoms with Gasteiger partial charge in [-0.15, -0.1) is 0 Å². The largest absolute Gasteiger partial charge is 0.492 e. The van der Waals surface area contributed by atoms with Gasteiger partial charge in [0.25, 0.3) is 0 Å². The molecule has 1 fully saturated rings. The second-order valence-corrected chi connectivity index (χ2v) is 8.81. The van der Waals surface area contributed by atoms with Crippen LogP contribution in [0.3, 0.4) is 0 Å². The van der Waals surface area contributed by atoms with Crippen molar-refractivity contribution in [2.24, 2.45) is 0 Å². The van der Waals surface area contributed by atoms with Crippen molar-refractivity contribution in [3.05, 3.63) is 59.4 Å². The third kappa shape index (κ3) is 5.06. The van der Waals surface area contributed by atoms with Crippen LogP contribution in [0.2, 0.25) is 0 Å². The number of hydrogen-bond acceptors (Lipinski definition) is 4. The van der Waals surface area contributed by atoms with Gasteiger partial charge in [-0.25, -0.2) is 12.8 Å². The van der Waals surface area contributed by atoms with E-state index in [1.165, 1.54) is 33.6 Å². The molecule has 2 aromatic rings. The van der Waals surface area contributed by atoms with Gasteiger partial charge in [-0.1, -0.05) is 12.1 Å². The number of rotatable bonds is 6. The molecule has 7 heteroatoms. The van der Waals surface area contributed by atoms with Crippen molar-refractivity contribution in [1.29, 1.82) is 0 Å². The number of ether oxygens (including phenoxy) is 1. The zero-order chi connectivity index (χ0) is 19.4. The quantitative estimate of drug-likeness (QED) is 0.759. The number of benzene rings is 2. The van der Waals surface area contributed by atoms with E-state index >= 15 is 0 Å². The molecule has 0 aliphatic carbocycles. The zero-order valence-corrected chi connectivity index (χ0v) is 16.5. The van der Waals surface area contributed by atoms with E-state index in [0.29, 0.717) is 32.8 Å². The molecule has 0 radical (unpaired) electrons. The molecule has 1 heterocycles. The normalized spacial score (nSPS) is 16.4. The fourth-order valence-corrected chi connectivity index (χ4v) is 4.73. The number of halogens is 1. The van der Waals surface area contributed by atoms with Crippen molar-refractivity contribution in [2.45, 2.75) is 18.7 Å². The lowest BCUT2D eigenvalue weighted by Crippen LogP contribution is -2.49. The number of nitrogens with zero attached hydrogens (tertiary/aromatic N) is 2. The Kier molecular flexibility index (Phi) is 6.14. The van der Waals surface area contributed by atoms with Gasteiger partial charge in [-0.3, -0.25) is 4.90 Å². The first-order valence-corrected chi connectivity index (χ1v) is 10.5. The van der Waals surface area contributed by atoms with Crippen molar-refractivity contribution >= 4 is 10.0 Å². The summed E-state index contributed by atoms with van der Waals surface area (Å²) in [5.41, 5.74) is 2.34. The first-order valence-electron chi connectivity index (χ1n) is 9.04. The van der Waals surface area contributed by atoms with Crippen LogP contribution in [-0.4, -0.2) is 57.0 Å². The highest BCUT2D eigenvalue weighted by Crippen LogP contribution is 2.19. The van der Waals surface area contributed by atoms with Crippen LogP contribution in [0.4, 0.5) is 4.39 Å². The summed E-state index contributed by atoms with van der Waals surface area (Å²) in [6, 6.07) is 11.3. The van der Waals surface area contributed by atoms with E-state index in [9.17, 15) is 12.8 Å². The molecule has 0 N–H and O–H groups in total. The Morgan fingerprint density at radius 3 is 2.30 bits per heavy atom. The third-order valence-corrected chi connectivity index (χ3v) is 6.53. The average Bonchev–Trinajstić information content (AvgIpc) is 2.61. The Balaban J connectivity index is 1.50. The van der Waals surface area contributed by atoms with Gasteiger partial charge in [-0.2, -0.15) is 4.31 Å². The van der Waals surface area contributed by atoms with Gasteiger partial charge in [0, 0.05) is 32.7 Å². The summed E-state index contributed by atoms with van der Waals surface area (Å²) in [5, 5.41) is 0. The van der Waals surface area contributed by atoms with Crippen LogP contribution in [-0.2, 0) is 10.0 Å². The van der Waals surface area contributed by atoms with Crippen LogP contribution in [0, 0.1) is 19.7 Å². The lowest BCUT2D eigenvalue weighted by atomic mass is 10.1. The minimum absolute atomic E-state index is 0.00843. The standard InChI is InChI=1S/C20H25FN2O3S/c1-16-12-17(2)14-19(13-16)26-11-10-22-6-8-23(9-7-22)27(24,25)20-5-3-4-18(21)15-20/h3-5,12-15H,6-11H2,1-2H3. The van der Waals surface area contributed by atoms with Gasteiger partial charge in [0.2, 0.25) is 10.0 Å². The lowest BCUT2D eigenvalue weighted by molar-refractivity contribution is 0.159. The number of piperazine rings is 1. The first-order chi connectivity index (χ1) is 12.8. The van der Waals surface area contributed by atoms with Crippen LogP contribution in [0.15, 0.2) is 47.4 Å². The van der Waals surface area contributed by atoms with Gasteiger partial charge >= 0.3 is 0 Å². The summed E-state index contributed by atoms with van der Waals surface area (Å²) in [6.07, 6.45) is 0. The smallest absolute Gasteiger partial charge is 0.243 e. The Morgan fingerprint density at radius 2 is 1.67 bits per heavy atom. The van der Waals surface area contributed by atoms with E-state index < -0.39 is 15.8 Å². The van der Waals surface area contributed by atoms with Crippen LogP contribution in [0.5, 0.6) is 5.75 Å². The molecule has 5 nitrogen and oxygen atoms in total. The van der Waals surface area contributed by atoms with Crippen molar-refractivity contribution < 1.29 is 17.5 Å². The minimum atomic E-state index is -3.65. The van der Waals surface area contributed by atoms with Gasteiger partial charge in [-0.05, 0) is 55.3 Å². The summed E-state index contributed by atoms with van der Waals surface area (Å²) < 4.78 is 45.9. The summed E-state index contributed by atoms with van der Waals surface area (Å²) >= 11 is 0. The fourth-order valence-electron chi connectivity index (χ4n) is 3.28. The predicted molar refractivity (Wildman–Crippen MR) is 103 cm³/mol. The van der Waals surface area contributed by atoms with Gasteiger partial charge < -0.3 is 4.74 Å². The Morgan fingerprint density at radius 1 is 1.00 bits per heavy atom. The maximum Gasteiger partial charge on any atom is 0.243 e. The molecule has 0 aromatic heterocycles. The molecular formula is C20H25FN2O3S. The molecule has 27 heavy (non-hydrogen) atoms. The molecular weight excluding hydrogens is 367 g/mol. The van der Waals surface area contributed by atoms with Crippen LogP contribution in [0.25, 0.3) is 0 Å². The molecule has 2 aromatic carbocycles. The maximum absolute atomic E-state index is 13.4. The Labute approximate surface area is 160 Å². The number of aryl methyl sites for hydroxylation is 2. The molecule has 0 bridgehead atoms.